The van der Waals surface area contributed by atoms with Gasteiger partial charge in [-0.25, -0.2) is 4.98 Å². The van der Waals surface area contributed by atoms with E-state index in [4.69, 9.17) is 9.47 Å². The first-order valence-corrected chi connectivity index (χ1v) is 8.71. The van der Waals surface area contributed by atoms with Crippen molar-refractivity contribution in [2.45, 2.75) is 19.1 Å². The molecule has 1 unspecified atom stereocenters. The minimum Gasteiger partial charge on any atom is -0.481 e. The predicted octanol–water partition coefficient (Wildman–Crippen LogP) is 2.66. The summed E-state index contributed by atoms with van der Waals surface area (Å²) >= 11 is 0. The Bertz CT molecular complexity index is 990. The zero-order valence-corrected chi connectivity index (χ0v) is 14.8. The van der Waals surface area contributed by atoms with Crippen LogP contribution in [0.4, 0.5) is 5.69 Å². The normalized spacial score (nSPS) is 16.0. The number of para-hydroxylation sites is 1. The number of benzene rings is 1. The van der Waals surface area contributed by atoms with Crippen molar-refractivity contribution in [1.82, 2.24) is 9.55 Å². The van der Waals surface area contributed by atoms with Crippen molar-refractivity contribution in [3.8, 4) is 5.88 Å². The number of carbonyl (C=O) groups is 2. The zero-order valence-electron chi connectivity index (χ0n) is 14.8. The van der Waals surface area contributed by atoms with Gasteiger partial charge in [-0.3, -0.25) is 9.59 Å². The minimum absolute atomic E-state index is 0.156. The molecule has 138 valence electrons. The van der Waals surface area contributed by atoms with Crippen molar-refractivity contribution >= 4 is 28.3 Å². The second-order valence-electron chi connectivity index (χ2n) is 6.37. The molecular weight excluding hydrogens is 346 g/mol. The summed E-state index contributed by atoms with van der Waals surface area (Å²) < 4.78 is 12.5. The van der Waals surface area contributed by atoms with Crippen molar-refractivity contribution in [2.24, 2.45) is 0 Å². The van der Waals surface area contributed by atoms with E-state index in [1.54, 1.807) is 18.3 Å². The molecule has 2 aromatic heterocycles. The van der Waals surface area contributed by atoms with Crippen molar-refractivity contribution in [3.05, 3.63) is 54.4 Å². The number of hydrogen-bond acceptors (Lipinski definition) is 5. The maximum absolute atomic E-state index is 12.8. The number of ketones is 1. The third kappa shape index (κ3) is 3.41. The lowest BCUT2D eigenvalue weighted by Gasteiger charge is -2.27. The number of methoxy groups -OCH3 is 1. The van der Waals surface area contributed by atoms with Crippen LogP contribution in [-0.4, -0.2) is 41.1 Å². The Morgan fingerprint density at radius 2 is 2.11 bits per heavy atom. The van der Waals surface area contributed by atoms with Crippen LogP contribution in [0.25, 0.3) is 10.9 Å². The quantitative estimate of drug-likeness (QED) is 0.536. The Morgan fingerprint density at radius 3 is 2.78 bits per heavy atom. The first-order chi connectivity index (χ1) is 13.2. The Hall–Kier alpha value is -3.19. The average Bonchev–Trinajstić information content (AvgIpc) is 3.03. The SMILES string of the molecule is COc1ccc(NC(=O)C(=O)c2cn(CC3CCO3)c3ccccc23)cn1. The molecule has 0 saturated carbocycles. The lowest BCUT2D eigenvalue weighted by atomic mass is 10.1. The van der Waals surface area contributed by atoms with Crippen molar-refractivity contribution < 1.29 is 19.1 Å². The van der Waals surface area contributed by atoms with E-state index < -0.39 is 11.7 Å². The standard InChI is InChI=1S/C20H19N3O4/c1-26-18-7-6-13(10-21-18)22-20(25)19(24)16-12-23(11-14-8-9-27-14)17-5-3-2-4-15(16)17/h2-7,10,12,14H,8-9,11H2,1H3,(H,22,25). The van der Waals surface area contributed by atoms with Crippen LogP contribution >= 0.6 is 0 Å². The Kier molecular flexibility index (Phi) is 4.60. The highest BCUT2D eigenvalue weighted by Gasteiger charge is 2.24. The average molecular weight is 365 g/mol. The van der Waals surface area contributed by atoms with Crippen LogP contribution < -0.4 is 10.1 Å². The maximum Gasteiger partial charge on any atom is 0.296 e. The van der Waals surface area contributed by atoms with Crippen molar-refractivity contribution in [2.75, 3.05) is 19.0 Å². The maximum atomic E-state index is 12.8. The molecule has 3 aromatic rings. The van der Waals surface area contributed by atoms with Gasteiger partial charge < -0.3 is 19.4 Å². The minimum atomic E-state index is -0.704. The van der Waals surface area contributed by atoms with Gasteiger partial charge in [-0.1, -0.05) is 18.2 Å². The molecule has 1 fully saturated rings. The molecule has 0 bridgehead atoms. The number of rotatable bonds is 6. The van der Waals surface area contributed by atoms with Crippen LogP contribution in [0.5, 0.6) is 5.88 Å². The number of carbonyl (C=O) groups excluding carboxylic acids is 2. The second-order valence-corrected chi connectivity index (χ2v) is 6.37. The molecule has 0 aliphatic carbocycles. The first kappa shape index (κ1) is 17.2. The van der Waals surface area contributed by atoms with Gasteiger partial charge >= 0.3 is 0 Å². The Balaban J connectivity index is 1.58. The van der Waals surface area contributed by atoms with E-state index in [-0.39, 0.29) is 6.10 Å². The van der Waals surface area contributed by atoms with E-state index in [1.807, 2.05) is 28.8 Å². The summed E-state index contributed by atoms with van der Waals surface area (Å²) in [5, 5.41) is 3.34. The molecule has 7 heteroatoms. The number of amides is 1. The molecule has 0 spiro atoms. The highest BCUT2D eigenvalue weighted by molar-refractivity contribution is 6.48. The highest BCUT2D eigenvalue weighted by atomic mass is 16.5. The van der Waals surface area contributed by atoms with Crippen molar-refractivity contribution in [3.63, 3.8) is 0 Å². The first-order valence-electron chi connectivity index (χ1n) is 8.71. The molecule has 1 amide bonds. The molecule has 1 aliphatic rings. The summed E-state index contributed by atoms with van der Waals surface area (Å²) in [6.07, 6.45) is 4.34. The van der Waals surface area contributed by atoms with Crippen LogP contribution in [0.2, 0.25) is 0 Å². The van der Waals surface area contributed by atoms with Gasteiger partial charge in [-0.2, -0.15) is 0 Å². The summed E-state index contributed by atoms with van der Waals surface area (Å²) in [4.78, 5) is 29.2. The van der Waals surface area contributed by atoms with Crippen LogP contribution in [0, 0.1) is 0 Å². The third-order valence-corrected chi connectivity index (χ3v) is 4.64. The lowest BCUT2D eigenvalue weighted by molar-refractivity contribution is -0.112. The molecular formula is C20H19N3O4. The Labute approximate surface area is 155 Å². The lowest BCUT2D eigenvalue weighted by Crippen LogP contribution is -2.31. The summed E-state index contributed by atoms with van der Waals surface area (Å²) in [6.45, 7) is 1.44. The van der Waals surface area contributed by atoms with Crippen molar-refractivity contribution in [1.29, 1.82) is 0 Å². The second kappa shape index (κ2) is 7.20. The van der Waals surface area contributed by atoms with Crippen LogP contribution in [0.15, 0.2) is 48.8 Å². The van der Waals surface area contributed by atoms with Crippen LogP contribution in [0.3, 0.4) is 0 Å². The van der Waals surface area contributed by atoms with E-state index in [1.165, 1.54) is 13.3 Å². The summed E-state index contributed by atoms with van der Waals surface area (Å²) in [7, 11) is 1.51. The third-order valence-electron chi connectivity index (χ3n) is 4.64. The van der Waals surface area contributed by atoms with Gasteiger partial charge in [0.2, 0.25) is 5.88 Å². The summed E-state index contributed by atoms with van der Waals surface area (Å²) in [6, 6.07) is 10.8. The number of nitrogens with one attached hydrogen (secondary N) is 1. The number of pyridine rings is 1. The van der Waals surface area contributed by atoms with Gasteiger partial charge in [-0.15, -0.1) is 0 Å². The summed E-state index contributed by atoms with van der Waals surface area (Å²) in [5.74, 6) is -0.860. The van der Waals surface area contributed by atoms with Gasteiger partial charge in [0.25, 0.3) is 11.7 Å². The molecule has 1 aliphatic heterocycles. The topological polar surface area (TPSA) is 82.5 Å². The number of ether oxygens (including phenoxy) is 2. The fourth-order valence-electron chi connectivity index (χ4n) is 3.11. The smallest absolute Gasteiger partial charge is 0.296 e. The monoisotopic (exact) mass is 365 g/mol. The number of Topliss-reactive ketones (excluding diaryl/α,β-unsaturated/α-hetero) is 1. The fourth-order valence-corrected chi connectivity index (χ4v) is 3.11. The van der Waals surface area contributed by atoms with Gasteiger partial charge in [-0.05, 0) is 18.6 Å². The molecule has 4 rings (SSSR count). The fraction of sp³-hybridized carbons (Fsp3) is 0.250. The van der Waals surface area contributed by atoms with Gasteiger partial charge in [0.15, 0.2) is 0 Å². The molecule has 3 heterocycles. The number of fused-ring (bicyclic) bond motifs is 1. The molecule has 1 N–H and O–H groups in total. The van der Waals surface area contributed by atoms with Gasteiger partial charge in [0.05, 0.1) is 30.7 Å². The number of aromatic nitrogens is 2. The number of nitrogens with zero attached hydrogens (tertiary/aromatic N) is 2. The van der Waals surface area contributed by atoms with E-state index in [0.717, 1.165) is 23.9 Å². The molecule has 1 aromatic carbocycles. The van der Waals surface area contributed by atoms with E-state index in [0.29, 0.717) is 23.7 Å². The molecule has 1 atom stereocenters. The molecule has 27 heavy (non-hydrogen) atoms. The van der Waals surface area contributed by atoms with E-state index in [2.05, 4.69) is 10.3 Å². The number of anilines is 1. The van der Waals surface area contributed by atoms with Crippen LogP contribution in [-0.2, 0) is 16.1 Å². The zero-order chi connectivity index (χ0) is 18.8. The molecule has 1 saturated heterocycles. The Morgan fingerprint density at radius 1 is 1.30 bits per heavy atom. The molecule has 7 nitrogen and oxygen atoms in total. The van der Waals surface area contributed by atoms with E-state index >= 15 is 0 Å². The summed E-state index contributed by atoms with van der Waals surface area (Å²) in [5.41, 5.74) is 1.72. The number of hydrogen-bond donors (Lipinski definition) is 1. The molecule has 0 radical (unpaired) electrons. The van der Waals surface area contributed by atoms with E-state index in [9.17, 15) is 9.59 Å². The van der Waals surface area contributed by atoms with Gasteiger partial charge in [0, 0.05) is 36.3 Å². The largest absolute Gasteiger partial charge is 0.481 e. The highest BCUT2D eigenvalue weighted by Crippen LogP contribution is 2.25. The predicted molar refractivity (Wildman–Crippen MR) is 100 cm³/mol. The van der Waals surface area contributed by atoms with Gasteiger partial charge in [0.1, 0.15) is 0 Å². The van der Waals surface area contributed by atoms with Crippen LogP contribution in [0.1, 0.15) is 16.8 Å².